The number of benzene rings is 1. The maximum Gasteiger partial charge on any atom is 0.223 e. The Hall–Kier alpha value is -1.62. The van der Waals surface area contributed by atoms with Crippen molar-refractivity contribution < 1.29 is 0 Å². The summed E-state index contributed by atoms with van der Waals surface area (Å²) in [7, 11) is 0. The minimum atomic E-state index is 0.316. The first-order valence-corrected chi connectivity index (χ1v) is 7.14. The summed E-state index contributed by atoms with van der Waals surface area (Å²) in [6, 6.07) is 8.18. The highest BCUT2D eigenvalue weighted by Crippen LogP contribution is 2.38. The third kappa shape index (κ3) is 2.31. The second-order valence-corrected chi connectivity index (χ2v) is 5.26. The minimum absolute atomic E-state index is 0.316. The van der Waals surface area contributed by atoms with Gasteiger partial charge in [-0.3, -0.25) is 0 Å². The second-order valence-electron chi connectivity index (χ2n) is 4.38. The van der Waals surface area contributed by atoms with Crippen molar-refractivity contribution >= 4 is 17.7 Å². The summed E-state index contributed by atoms with van der Waals surface area (Å²) in [5.74, 6) is 2.32. The fraction of sp³-hybridized carbons (Fsp3) is 0.308. The molecule has 2 N–H and O–H groups in total. The van der Waals surface area contributed by atoms with E-state index in [0.29, 0.717) is 17.7 Å². The van der Waals surface area contributed by atoms with E-state index in [1.54, 1.807) is 11.8 Å². The van der Waals surface area contributed by atoms with Crippen LogP contribution in [0.5, 0.6) is 0 Å². The molecule has 1 aliphatic carbocycles. The smallest absolute Gasteiger partial charge is 0.223 e. The minimum Gasteiger partial charge on any atom is -0.368 e. The van der Waals surface area contributed by atoms with Gasteiger partial charge >= 0.3 is 0 Å². The van der Waals surface area contributed by atoms with Crippen molar-refractivity contribution in [3.05, 3.63) is 30.1 Å². The third-order valence-corrected chi connectivity index (χ3v) is 3.70. The Morgan fingerprint density at radius 1 is 1.11 bits per heavy atom. The van der Waals surface area contributed by atoms with Crippen LogP contribution in [0.4, 0.5) is 5.95 Å². The van der Waals surface area contributed by atoms with E-state index in [4.69, 9.17) is 5.73 Å². The number of nitrogens with zero attached hydrogens (tertiary/aromatic N) is 3. The highest BCUT2D eigenvalue weighted by Gasteiger charge is 2.27. The van der Waals surface area contributed by atoms with Crippen LogP contribution in [-0.2, 0) is 0 Å². The number of nitrogen functional groups attached to an aromatic ring is 1. The standard InChI is InChI=1S/C13H14N4S/c1-18-10-6-4-9(5-7-10)12-15-11(8-2-3-8)16-13(14)17-12/h4-8H,2-3H2,1H3,(H2,14,15,16,17). The molecule has 5 heteroatoms. The van der Waals surface area contributed by atoms with E-state index >= 15 is 0 Å². The average molecular weight is 258 g/mol. The van der Waals surface area contributed by atoms with Gasteiger partial charge in [0.1, 0.15) is 5.82 Å². The fourth-order valence-electron chi connectivity index (χ4n) is 1.80. The lowest BCUT2D eigenvalue weighted by Gasteiger charge is -2.04. The molecule has 18 heavy (non-hydrogen) atoms. The van der Waals surface area contributed by atoms with Gasteiger partial charge in [0.15, 0.2) is 5.82 Å². The van der Waals surface area contributed by atoms with E-state index in [1.807, 2.05) is 12.1 Å². The Kier molecular flexibility index (Phi) is 2.91. The van der Waals surface area contributed by atoms with Crippen LogP contribution >= 0.6 is 11.8 Å². The molecule has 92 valence electrons. The maximum atomic E-state index is 5.75. The monoisotopic (exact) mass is 258 g/mol. The number of hydrogen-bond donors (Lipinski definition) is 1. The Bertz CT molecular complexity index is 564. The van der Waals surface area contributed by atoms with Crippen molar-refractivity contribution in [1.82, 2.24) is 15.0 Å². The van der Waals surface area contributed by atoms with Crippen molar-refractivity contribution in [2.75, 3.05) is 12.0 Å². The lowest BCUT2D eigenvalue weighted by atomic mass is 10.2. The molecule has 0 spiro atoms. The number of anilines is 1. The topological polar surface area (TPSA) is 64.7 Å². The van der Waals surface area contributed by atoms with Crippen LogP contribution in [-0.4, -0.2) is 21.2 Å². The van der Waals surface area contributed by atoms with Crippen LogP contribution in [0.3, 0.4) is 0 Å². The molecule has 0 radical (unpaired) electrons. The number of thioether (sulfide) groups is 1. The number of hydrogen-bond acceptors (Lipinski definition) is 5. The van der Waals surface area contributed by atoms with Gasteiger partial charge in [0.25, 0.3) is 0 Å². The van der Waals surface area contributed by atoms with Crippen LogP contribution < -0.4 is 5.73 Å². The van der Waals surface area contributed by atoms with E-state index in [2.05, 4.69) is 33.3 Å². The van der Waals surface area contributed by atoms with Crippen LogP contribution in [0.15, 0.2) is 29.2 Å². The number of nitrogens with two attached hydrogens (primary N) is 1. The van der Waals surface area contributed by atoms with E-state index < -0.39 is 0 Å². The first-order valence-electron chi connectivity index (χ1n) is 5.92. The largest absolute Gasteiger partial charge is 0.368 e. The van der Waals surface area contributed by atoms with Gasteiger partial charge < -0.3 is 5.73 Å². The molecule has 2 aromatic rings. The maximum absolute atomic E-state index is 5.75. The Morgan fingerprint density at radius 2 is 1.83 bits per heavy atom. The molecule has 0 saturated heterocycles. The summed E-state index contributed by atoms with van der Waals surface area (Å²) >= 11 is 1.72. The summed E-state index contributed by atoms with van der Waals surface area (Å²) in [6.45, 7) is 0. The normalized spacial score (nSPS) is 14.7. The molecule has 1 aromatic heterocycles. The van der Waals surface area contributed by atoms with E-state index in [-0.39, 0.29) is 0 Å². The number of aromatic nitrogens is 3. The van der Waals surface area contributed by atoms with E-state index in [1.165, 1.54) is 4.90 Å². The van der Waals surface area contributed by atoms with Gasteiger partial charge in [-0.2, -0.15) is 9.97 Å². The molecule has 0 bridgehead atoms. The molecular formula is C13H14N4S. The first-order chi connectivity index (χ1) is 8.76. The zero-order valence-electron chi connectivity index (χ0n) is 10.1. The average Bonchev–Trinajstić information content (AvgIpc) is 3.22. The molecule has 0 atom stereocenters. The van der Waals surface area contributed by atoms with Gasteiger partial charge in [-0.15, -0.1) is 11.8 Å². The van der Waals surface area contributed by atoms with Gasteiger partial charge in [0.2, 0.25) is 5.95 Å². The quantitative estimate of drug-likeness (QED) is 0.857. The lowest BCUT2D eigenvalue weighted by Crippen LogP contribution is -2.04. The van der Waals surface area contributed by atoms with E-state index in [0.717, 1.165) is 24.2 Å². The van der Waals surface area contributed by atoms with E-state index in [9.17, 15) is 0 Å². The molecule has 1 aromatic carbocycles. The highest BCUT2D eigenvalue weighted by atomic mass is 32.2. The molecule has 1 saturated carbocycles. The summed E-state index contributed by atoms with van der Waals surface area (Å²) in [4.78, 5) is 14.2. The van der Waals surface area contributed by atoms with Crippen LogP contribution in [0, 0.1) is 0 Å². The summed E-state index contributed by atoms with van der Waals surface area (Å²) < 4.78 is 0. The summed E-state index contributed by atoms with van der Waals surface area (Å²) in [5, 5.41) is 0. The van der Waals surface area contributed by atoms with Crippen molar-refractivity contribution in [3.8, 4) is 11.4 Å². The Balaban J connectivity index is 1.98. The van der Waals surface area contributed by atoms with Gasteiger partial charge in [0.05, 0.1) is 0 Å². The summed E-state index contributed by atoms with van der Waals surface area (Å²) in [6.07, 6.45) is 4.38. The van der Waals surface area contributed by atoms with Crippen molar-refractivity contribution in [2.45, 2.75) is 23.7 Å². The molecule has 1 fully saturated rings. The van der Waals surface area contributed by atoms with Gasteiger partial charge in [-0.1, -0.05) is 12.1 Å². The van der Waals surface area contributed by atoms with Crippen LogP contribution in [0.1, 0.15) is 24.6 Å². The van der Waals surface area contributed by atoms with Crippen molar-refractivity contribution in [3.63, 3.8) is 0 Å². The van der Waals surface area contributed by atoms with Crippen molar-refractivity contribution in [1.29, 1.82) is 0 Å². The van der Waals surface area contributed by atoms with Gasteiger partial charge in [-0.25, -0.2) is 4.98 Å². The third-order valence-electron chi connectivity index (χ3n) is 2.96. The summed E-state index contributed by atoms with van der Waals surface area (Å²) in [5.41, 5.74) is 6.74. The molecule has 0 amide bonds. The molecule has 1 aliphatic rings. The predicted molar refractivity (Wildman–Crippen MR) is 73.4 cm³/mol. The van der Waals surface area contributed by atoms with Gasteiger partial charge in [0, 0.05) is 16.4 Å². The zero-order chi connectivity index (χ0) is 12.5. The molecule has 4 nitrogen and oxygen atoms in total. The highest BCUT2D eigenvalue weighted by molar-refractivity contribution is 7.98. The van der Waals surface area contributed by atoms with Gasteiger partial charge in [-0.05, 0) is 31.2 Å². The SMILES string of the molecule is CSc1ccc(-c2nc(N)nc(C3CC3)n2)cc1. The fourth-order valence-corrected chi connectivity index (χ4v) is 2.21. The van der Waals surface area contributed by atoms with Crippen LogP contribution in [0.2, 0.25) is 0 Å². The Morgan fingerprint density at radius 3 is 2.44 bits per heavy atom. The second kappa shape index (κ2) is 4.57. The lowest BCUT2D eigenvalue weighted by molar-refractivity contribution is 0.902. The van der Waals surface area contributed by atoms with Crippen molar-refractivity contribution in [2.24, 2.45) is 0 Å². The molecular weight excluding hydrogens is 244 g/mol. The first kappa shape index (κ1) is 11.5. The molecule has 3 rings (SSSR count). The molecule has 0 unspecified atom stereocenters. The van der Waals surface area contributed by atoms with Crippen LogP contribution in [0.25, 0.3) is 11.4 Å². The molecule has 0 aliphatic heterocycles. The predicted octanol–water partition coefficient (Wildman–Crippen LogP) is 2.72. The zero-order valence-corrected chi connectivity index (χ0v) is 10.9. The number of rotatable bonds is 3. The molecule has 1 heterocycles. The Labute approximate surface area is 110 Å².